The van der Waals surface area contributed by atoms with Crippen molar-refractivity contribution in [2.45, 2.75) is 38.4 Å². The molecule has 1 fully saturated rings. The molecular formula is C28H25F3N4O4. The Hall–Kier alpha value is -4.25. The third-order valence-electron chi connectivity index (χ3n) is 6.74. The lowest BCUT2D eigenvalue weighted by Crippen LogP contribution is -2.36. The Balaban J connectivity index is 1.35. The number of rotatable bonds is 6. The van der Waals surface area contributed by atoms with Gasteiger partial charge in [0.1, 0.15) is 0 Å². The van der Waals surface area contributed by atoms with Crippen LogP contribution in [0.4, 0.5) is 13.2 Å². The van der Waals surface area contributed by atoms with Gasteiger partial charge in [0.25, 0.3) is 17.4 Å². The van der Waals surface area contributed by atoms with Gasteiger partial charge >= 0.3 is 6.18 Å². The van der Waals surface area contributed by atoms with Crippen molar-refractivity contribution in [3.8, 4) is 22.8 Å². The van der Waals surface area contributed by atoms with E-state index >= 15 is 0 Å². The number of carbonyl (C=O) groups excluding carboxylic acids is 1. The molecule has 3 heterocycles. The molecule has 39 heavy (non-hydrogen) atoms. The monoisotopic (exact) mass is 538 g/mol. The molecule has 2 aromatic carbocycles. The lowest BCUT2D eigenvalue weighted by molar-refractivity contribution is -0.180. The third-order valence-corrected chi connectivity index (χ3v) is 6.74. The van der Waals surface area contributed by atoms with Crippen LogP contribution in [0.5, 0.6) is 0 Å². The number of halogens is 3. The largest absolute Gasteiger partial charge is 0.397 e. The Morgan fingerprint density at radius 1 is 1.03 bits per heavy atom. The summed E-state index contributed by atoms with van der Waals surface area (Å²) in [6, 6.07) is 15.7. The number of amides is 1. The second kappa shape index (κ2) is 10.1. The zero-order valence-corrected chi connectivity index (χ0v) is 21.2. The van der Waals surface area contributed by atoms with Gasteiger partial charge in [0.2, 0.25) is 5.82 Å². The highest BCUT2D eigenvalue weighted by Gasteiger charge is 2.48. The molecule has 0 N–H and O–H groups in total. The SMILES string of the molecule is CC(C)(c1ccc(-c2noc(-c3ccc(=O)n(Cc4cccc(C(=O)N5CCCO5)c4)c3)n2)cc1)C(F)(F)F. The van der Waals surface area contributed by atoms with Gasteiger partial charge in [-0.2, -0.15) is 18.2 Å². The molecule has 1 aliphatic rings. The Morgan fingerprint density at radius 2 is 1.77 bits per heavy atom. The van der Waals surface area contributed by atoms with Crippen molar-refractivity contribution < 1.29 is 27.3 Å². The molecule has 1 amide bonds. The minimum absolute atomic E-state index is 0.119. The molecule has 2 aromatic heterocycles. The van der Waals surface area contributed by atoms with Gasteiger partial charge < -0.3 is 9.09 Å². The quantitative estimate of drug-likeness (QED) is 0.334. The summed E-state index contributed by atoms with van der Waals surface area (Å²) < 4.78 is 46.9. The van der Waals surface area contributed by atoms with Crippen molar-refractivity contribution >= 4 is 5.91 Å². The van der Waals surface area contributed by atoms with Crippen molar-refractivity contribution in [3.05, 3.63) is 93.9 Å². The summed E-state index contributed by atoms with van der Waals surface area (Å²) in [7, 11) is 0. The predicted molar refractivity (Wildman–Crippen MR) is 136 cm³/mol. The van der Waals surface area contributed by atoms with E-state index in [2.05, 4.69) is 10.1 Å². The predicted octanol–water partition coefficient (Wildman–Crippen LogP) is 5.23. The van der Waals surface area contributed by atoms with Crippen LogP contribution >= 0.6 is 0 Å². The van der Waals surface area contributed by atoms with Gasteiger partial charge in [-0.1, -0.05) is 41.6 Å². The number of nitrogens with zero attached hydrogens (tertiary/aromatic N) is 4. The molecule has 1 saturated heterocycles. The average molecular weight is 539 g/mol. The van der Waals surface area contributed by atoms with E-state index in [1.807, 2.05) is 6.07 Å². The third kappa shape index (κ3) is 5.35. The second-order valence-electron chi connectivity index (χ2n) is 9.80. The van der Waals surface area contributed by atoms with Gasteiger partial charge in [-0.25, -0.2) is 5.06 Å². The van der Waals surface area contributed by atoms with Gasteiger partial charge in [0.15, 0.2) is 0 Å². The summed E-state index contributed by atoms with van der Waals surface area (Å²) in [4.78, 5) is 34.9. The molecule has 1 aliphatic heterocycles. The fraction of sp³-hybridized carbons (Fsp3) is 0.286. The van der Waals surface area contributed by atoms with Gasteiger partial charge in [-0.3, -0.25) is 14.4 Å². The Bertz CT molecular complexity index is 1550. The van der Waals surface area contributed by atoms with E-state index in [0.717, 1.165) is 25.8 Å². The number of hydrogen-bond acceptors (Lipinski definition) is 6. The van der Waals surface area contributed by atoms with E-state index in [1.54, 1.807) is 30.5 Å². The highest BCUT2D eigenvalue weighted by atomic mass is 19.4. The van der Waals surface area contributed by atoms with Gasteiger partial charge in [-0.15, -0.1) is 0 Å². The van der Waals surface area contributed by atoms with E-state index in [4.69, 9.17) is 9.36 Å². The molecular weight excluding hydrogens is 513 g/mol. The highest BCUT2D eigenvalue weighted by molar-refractivity contribution is 5.93. The lowest BCUT2D eigenvalue weighted by Gasteiger charge is -2.28. The molecule has 0 bridgehead atoms. The zero-order valence-electron chi connectivity index (χ0n) is 21.2. The minimum Gasteiger partial charge on any atom is -0.334 e. The summed E-state index contributed by atoms with van der Waals surface area (Å²) >= 11 is 0. The molecule has 4 aromatic rings. The van der Waals surface area contributed by atoms with Crippen molar-refractivity contribution in [1.82, 2.24) is 19.8 Å². The summed E-state index contributed by atoms with van der Waals surface area (Å²) in [5.41, 5.74) is 0.0342. The smallest absolute Gasteiger partial charge is 0.334 e. The van der Waals surface area contributed by atoms with Crippen LogP contribution in [0.3, 0.4) is 0 Å². The fourth-order valence-electron chi connectivity index (χ4n) is 4.19. The maximum absolute atomic E-state index is 13.4. The lowest BCUT2D eigenvalue weighted by atomic mass is 9.83. The summed E-state index contributed by atoms with van der Waals surface area (Å²) in [5.74, 6) is 0.117. The van der Waals surface area contributed by atoms with Crippen molar-refractivity contribution in [2.75, 3.05) is 13.2 Å². The number of alkyl halides is 3. The normalized spacial score (nSPS) is 14.1. The second-order valence-corrected chi connectivity index (χ2v) is 9.80. The number of pyridine rings is 1. The van der Waals surface area contributed by atoms with Crippen LogP contribution in [0.15, 0.2) is 76.2 Å². The van der Waals surface area contributed by atoms with Crippen LogP contribution in [0, 0.1) is 0 Å². The van der Waals surface area contributed by atoms with Gasteiger partial charge in [0, 0.05) is 23.4 Å². The fourth-order valence-corrected chi connectivity index (χ4v) is 4.19. The first-order valence-electron chi connectivity index (χ1n) is 12.3. The molecule has 0 aliphatic carbocycles. The van der Waals surface area contributed by atoms with Crippen LogP contribution in [-0.4, -0.2) is 45.0 Å². The maximum atomic E-state index is 13.4. The number of benzene rings is 2. The first-order chi connectivity index (χ1) is 18.5. The molecule has 11 heteroatoms. The average Bonchev–Trinajstić information content (AvgIpc) is 3.62. The highest BCUT2D eigenvalue weighted by Crippen LogP contribution is 2.40. The molecule has 0 unspecified atom stereocenters. The van der Waals surface area contributed by atoms with E-state index < -0.39 is 11.6 Å². The topological polar surface area (TPSA) is 90.5 Å². The van der Waals surface area contributed by atoms with Crippen molar-refractivity contribution in [1.29, 1.82) is 0 Å². The first kappa shape index (κ1) is 26.4. The molecule has 0 spiro atoms. The molecule has 5 rings (SSSR count). The Morgan fingerprint density at radius 3 is 2.46 bits per heavy atom. The van der Waals surface area contributed by atoms with Crippen molar-refractivity contribution in [3.63, 3.8) is 0 Å². The number of hydroxylamine groups is 2. The van der Waals surface area contributed by atoms with Crippen LogP contribution < -0.4 is 5.56 Å². The summed E-state index contributed by atoms with van der Waals surface area (Å²) in [6.45, 7) is 3.49. The standard InChI is InChI=1S/C28H25F3N4O4/c1-27(2,28(29,30)31)22-10-7-19(8-11-22)24-32-25(39-33-24)21-9-12-23(36)34(17-21)16-18-5-3-6-20(15-18)26(37)35-13-4-14-38-35/h3,5-12,15,17H,4,13-14,16H2,1-2H3. The number of aromatic nitrogens is 3. The van der Waals surface area contributed by atoms with Crippen LogP contribution in [0.1, 0.15) is 41.8 Å². The molecule has 8 nitrogen and oxygen atoms in total. The number of carbonyl (C=O) groups is 1. The Labute approximate surface area is 221 Å². The van der Waals surface area contributed by atoms with Gasteiger partial charge in [-0.05, 0) is 49.6 Å². The number of hydrogen-bond donors (Lipinski definition) is 0. The molecule has 0 atom stereocenters. The van der Waals surface area contributed by atoms with E-state index in [-0.39, 0.29) is 35.3 Å². The first-order valence-corrected chi connectivity index (χ1v) is 12.3. The molecule has 202 valence electrons. The molecule has 0 saturated carbocycles. The van der Waals surface area contributed by atoms with Crippen LogP contribution in [0.25, 0.3) is 22.8 Å². The summed E-state index contributed by atoms with van der Waals surface area (Å²) in [5, 5.41) is 5.30. The van der Waals surface area contributed by atoms with E-state index in [9.17, 15) is 22.8 Å². The Kier molecular flexibility index (Phi) is 6.85. The van der Waals surface area contributed by atoms with Gasteiger partial charge in [0.05, 0.1) is 30.7 Å². The maximum Gasteiger partial charge on any atom is 0.397 e. The summed E-state index contributed by atoms with van der Waals surface area (Å²) in [6.07, 6.45) is -2.03. The van der Waals surface area contributed by atoms with Crippen molar-refractivity contribution in [2.24, 2.45) is 0 Å². The van der Waals surface area contributed by atoms with E-state index in [0.29, 0.717) is 29.8 Å². The zero-order chi connectivity index (χ0) is 27.8. The van der Waals surface area contributed by atoms with Crippen LogP contribution in [0.2, 0.25) is 0 Å². The van der Waals surface area contributed by atoms with E-state index in [1.165, 1.54) is 40.0 Å². The minimum atomic E-state index is -4.39. The van der Waals surface area contributed by atoms with Crippen LogP contribution in [-0.2, 0) is 16.8 Å². The molecule has 0 radical (unpaired) electrons.